The number of nitrogens with zero attached hydrogens (tertiary/aromatic N) is 2. The Morgan fingerprint density at radius 1 is 0.795 bits per heavy atom. The van der Waals surface area contributed by atoms with Crippen LogP contribution in [0.15, 0.2) is 91.1 Å². The number of amides is 3. The Morgan fingerprint density at radius 3 is 1.97 bits per heavy atom. The first-order valence-corrected chi connectivity index (χ1v) is 12.2. The minimum Gasteiger partial charge on any atom is -0.449 e. The molecule has 6 rings (SSSR count). The van der Waals surface area contributed by atoms with Gasteiger partial charge in [0.05, 0.1) is 28.9 Å². The van der Waals surface area contributed by atoms with Gasteiger partial charge in [0.25, 0.3) is 11.8 Å². The summed E-state index contributed by atoms with van der Waals surface area (Å²) in [6.07, 6.45) is 0.742. The van der Waals surface area contributed by atoms with Gasteiger partial charge in [-0.15, -0.1) is 0 Å². The standard InChI is InChI=1S/C30H21N3O6/c34-27-24-11-5-6-12-25(24)28(35)33(27)39-29(36)18-13-14-31-19(15-18)16-32-30(37)38-17-26-22-9-3-1-7-20(22)21-8-2-4-10-23(21)26/h1-15,26H,16-17H2,(H,32,37). The van der Waals surface area contributed by atoms with Crippen molar-refractivity contribution in [2.24, 2.45) is 0 Å². The largest absolute Gasteiger partial charge is 0.449 e. The average molecular weight is 520 g/mol. The van der Waals surface area contributed by atoms with Crippen LogP contribution in [0.1, 0.15) is 53.8 Å². The second-order valence-corrected chi connectivity index (χ2v) is 9.04. The number of hydroxylamine groups is 2. The highest BCUT2D eigenvalue weighted by atomic mass is 16.7. The Bertz CT molecular complexity index is 1570. The van der Waals surface area contributed by atoms with Gasteiger partial charge in [-0.2, -0.15) is 0 Å². The van der Waals surface area contributed by atoms with Crippen LogP contribution in [-0.4, -0.2) is 40.5 Å². The molecular weight excluding hydrogens is 498 g/mol. The van der Waals surface area contributed by atoms with Crippen molar-refractivity contribution in [2.45, 2.75) is 12.5 Å². The second kappa shape index (κ2) is 9.86. The fourth-order valence-corrected chi connectivity index (χ4v) is 4.90. The summed E-state index contributed by atoms with van der Waals surface area (Å²) in [4.78, 5) is 59.4. The fraction of sp³-hybridized carbons (Fsp3) is 0.100. The maximum absolute atomic E-state index is 12.7. The number of carbonyl (C=O) groups excluding carboxylic acids is 4. The number of ether oxygens (including phenoxy) is 1. The van der Waals surface area contributed by atoms with Gasteiger partial charge in [0, 0.05) is 12.1 Å². The third-order valence-electron chi connectivity index (χ3n) is 6.74. The van der Waals surface area contributed by atoms with Crippen LogP contribution in [0, 0.1) is 0 Å². The first-order valence-electron chi connectivity index (χ1n) is 12.2. The predicted molar refractivity (Wildman–Crippen MR) is 139 cm³/mol. The van der Waals surface area contributed by atoms with Crippen molar-refractivity contribution >= 4 is 23.9 Å². The highest BCUT2D eigenvalue weighted by Crippen LogP contribution is 2.44. The SMILES string of the molecule is O=C(NCc1cc(C(=O)ON2C(=O)c3ccccc3C2=O)ccn1)OCC1c2ccccc2-c2ccccc21. The van der Waals surface area contributed by atoms with E-state index in [1.54, 1.807) is 12.1 Å². The van der Waals surface area contributed by atoms with Crippen molar-refractivity contribution in [1.29, 1.82) is 0 Å². The molecule has 39 heavy (non-hydrogen) atoms. The number of hydrogen-bond donors (Lipinski definition) is 1. The molecular formula is C30H21N3O6. The van der Waals surface area contributed by atoms with E-state index in [-0.39, 0.29) is 35.8 Å². The fourth-order valence-electron chi connectivity index (χ4n) is 4.90. The van der Waals surface area contributed by atoms with Gasteiger partial charge in [-0.1, -0.05) is 65.7 Å². The van der Waals surface area contributed by atoms with Gasteiger partial charge in [-0.3, -0.25) is 14.6 Å². The maximum Gasteiger partial charge on any atom is 0.407 e. The molecule has 2 aliphatic rings. The summed E-state index contributed by atoms with van der Waals surface area (Å²) < 4.78 is 5.53. The topological polar surface area (TPSA) is 115 Å². The first-order chi connectivity index (χ1) is 19.0. The van der Waals surface area contributed by atoms with Crippen molar-refractivity contribution in [3.63, 3.8) is 0 Å². The summed E-state index contributed by atoms with van der Waals surface area (Å²) in [5.74, 6) is -2.40. The quantitative estimate of drug-likeness (QED) is 0.373. The number of aromatic nitrogens is 1. The first kappa shape index (κ1) is 24.1. The van der Waals surface area contributed by atoms with Gasteiger partial charge in [0.2, 0.25) is 0 Å². The lowest BCUT2D eigenvalue weighted by Crippen LogP contribution is -2.32. The molecule has 192 valence electrons. The molecule has 1 N–H and O–H groups in total. The molecule has 2 heterocycles. The van der Waals surface area contributed by atoms with Crippen LogP contribution < -0.4 is 5.32 Å². The number of alkyl carbamates (subject to hydrolysis) is 1. The van der Waals surface area contributed by atoms with E-state index < -0.39 is 23.9 Å². The summed E-state index contributed by atoms with van der Waals surface area (Å²) in [6, 6.07) is 25.1. The highest BCUT2D eigenvalue weighted by Gasteiger charge is 2.38. The summed E-state index contributed by atoms with van der Waals surface area (Å²) in [5.41, 5.74) is 5.24. The van der Waals surface area contributed by atoms with E-state index in [2.05, 4.69) is 22.4 Å². The van der Waals surface area contributed by atoms with E-state index in [1.807, 2.05) is 36.4 Å². The Balaban J connectivity index is 1.06. The Hall–Kier alpha value is -5.31. The number of imide groups is 1. The van der Waals surface area contributed by atoms with Gasteiger partial charge < -0.3 is 14.9 Å². The molecule has 0 spiro atoms. The summed E-state index contributed by atoms with van der Waals surface area (Å²) in [7, 11) is 0. The van der Waals surface area contributed by atoms with E-state index in [0.29, 0.717) is 10.8 Å². The zero-order valence-corrected chi connectivity index (χ0v) is 20.5. The van der Waals surface area contributed by atoms with Crippen molar-refractivity contribution in [1.82, 2.24) is 15.4 Å². The molecule has 9 nitrogen and oxygen atoms in total. The van der Waals surface area contributed by atoms with E-state index in [9.17, 15) is 19.2 Å². The second-order valence-electron chi connectivity index (χ2n) is 9.04. The minimum absolute atomic E-state index is 0.00912. The van der Waals surface area contributed by atoms with E-state index in [4.69, 9.17) is 9.57 Å². The van der Waals surface area contributed by atoms with Crippen molar-refractivity contribution in [3.8, 4) is 11.1 Å². The molecule has 0 saturated heterocycles. The predicted octanol–water partition coefficient (Wildman–Crippen LogP) is 4.49. The van der Waals surface area contributed by atoms with Gasteiger partial charge in [0.1, 0.15) is 6.61 Å². The smallest absolute Gasteiger partial charge is 0.407 e. The monoisotopic (exact) mass is 519 g/mol. The number of carbonyl (C=O) groups is 4. The van der Waals surface area contributed by atoms with Gasteiger partial charge >= 0.3 is 12.1 Å². The van der Waals surface area contributed by atoms with Gasteiger partial charge in [-0.25, -0.2) is 9.59 Å². The number of rotatable bonds is 6. The number of fused-ring (bicyclic) bond motifs is 4. The molecule has 4 aromatic rings. The number of hydrogen-bond acceptors (Lipinski definition) is 7. The maximum atomic E-state index is 12.7. The molecule has 0 fully saturated rings. The summed E-state index contributed by atoms with van der Waals surface area (Å²) in [6.45, 7) is 0.157. The average Bonchev–Trinajstić information content (AvgIpc) is 3.42. The van der Waals surface area contributed by atoms with Crippen molar-refractivity contribution < 1.29 is 28.8 Å². The number of pyridine rings is 1. The summed E-state index contributed by atoms with van der Waals surface area (Å²) in [5, 5.41) is 3.09. The molecule has 9 heteroatoms. The normalized spacial score (nSPS) is 13.5. The third kappa shape index (κ3) is 4.40. The lowest BCUT2D eigenvalue weighted by molar-refractivity contribution is -0.0584. The van der Waals surface area contributed by atoms with Crippen LogP contribution in [0.2, 0.25) is 0 Å². The van der Waals surface area contributed by atoms with Gasteiger partial charge in [0.15, 0.2) is 0 Å². The lowest BCUT2D eigenvalue weighted by atomic mass is 9.98. The molecule has 0 radical (unpaired) electrons. The van der Waals surface area contributed by atoms with Gasteiger partial charge in [-0.05, 0) is 46.5 Å². The Labute approximate surface area is 223 Å². The van der Waals surface area contributed by atoms with Crippen molar-refractivity contribution in [2.75, 3.05) is 6.61 Å². The molecule has 3 amide bonds. The van der Waals surface area contributed by atoms with Crippen LogP contribution in [0.5, 0.6) is 0 Å². The molecule has 0 atom stereocenters. The molecule has 1 aliphatic carbocycles. The minimum atomic E-state index is -0.908. The Kier molecular flexibility index (Phi) is 6.08. The molecule has 0 saturated carbocycles. The van der Waals surface area contributed by atoms with Crippen LogP contribution in [0.25, 0.3) is 11.1 Å². The summed E-state index contributed by atoms with van der Waals surface area (Å²) >= 11 is 0. The van der Waals surface area contributed by atoms with E-state index >= 15 is 0 Å². The van der Waals surface area contributed by atoms with E-state index in [0.717, 1.165) is 22.3 Å². The van der Waals surface area contributed by atoms with Crippen LogP contribution >= 0.6 is 0 Å². The van der Waals surface area contributed by atoms with Crippen LogP contribution in [0.3, 0.4) is 0 Å². The zero-order valence-electron chi connectivity index (χ0n) is 20.5. The molecule has 0 unspecified atom stereocenters. The number of nitrogens with one attached hydrogen (secondary N) is 1. The lowest BCUT2D eigenvalue weighted by Gasteiger charge is -2.15. The number of benzene rings is 3. The van der Waals surface area contributed by atoms with E-state index in [1.165, 1.54) is 30.5 Å². The van der Waals surface area contributed by atoms with Crippen molar-refractivity contribution in [3.05, 3.63) is 125 Å². The highest BCUT2D eigenvalue weighted by molar-refractivity contribution is 6.21. The van der Waals surface area contributed by atoms with Crippen LogP contribution in [-0.2, 0) is 16.1 Å². The molecule has 1 aromatic heterocycles. The molecule has 3 aromatic carbocycles. The van der Waals surface area contributed by atoms with Crippen LogP contribution in [0.4, 0.5) is 4.79 Å². The zero-order chi connectivity index (χ0) is 26.9. The Morgan fingerprint density at radius 2 is 1.36 bits per heavy atom. The third-order valence-corrected chi connectivity index (χ3v) is 6.74. The molecule has 1 aliphatic heterocycles. The molecule has 0 bridgehead atoms.